The molecule has 3 atom stereocenters. The number of amides is 1. The first-order chi connectivity index (χ1) is 19.4. The van der Waals surface area contributed by atoms with Crippen molar-refractivity contribution >= 4 is 17.5 Å². The van der Waals surface area contributed by atoms with E-state index in [9.17, 15) is 9.18 Å². The highest BCUT2D eigenvalue weighted by atomic mass is 35.5. The topological polar surface area (TPSA) is 71.8 Å². The molecule has 1 saturated carbocycles. The third kappa shape index (κ3) is 6.74. The van der Waals surface area contributed by atoms with E-state index in [0.29, 0.717) is 18.0 Å². The highest BCUT2D eigenvalue weighted by molar-refractivity contribution is 6.31. The van der Waals surface area contributed by atoms with Gasteiger partial charge in [0.25, 0.3) is 0 Å². The smallest absolute Gasteiger partial charge is 0.237 e. The van der Waals surface area contributed by atoms with Gasteiger partial charge in [-0.2, -0.15) is 0 Å². The molecule has 2 N–H and O–H groups in total. The number of pyridine rings is 1. The molecule has 1 spiro atoms. The van der Waals surface area contributed by atoms with Crippen molar-refractivity contribution in [2.75, 3.05) is 0 Å². The Hall–Kier alpha value is -2.77. The summed E-state index contributed by atoms with van der Waals surface area (Å²) >= 11 is 6.77. The van der Waals surface area contributed by atoms with Crippen LogP contribution < -0.4 is 10.6 Å². The minimum Gasteiger partial charge on any atom is -0.349 e. The monoisotopic (exact) mass is 565 g/mol. The highest BCUT2D eigenvalue weighted by Crippen LogP contribution is 2.55. The summed E-state index contributed by atoms with van der Waals surface area (Å²) in [6.45, 7) is 3.10. The molecule has 3 heterocycles. The van der Waals surface area contributed by atoms with E-state index in [0.717, 1.165) is 49.2 Å². The second-order valence-corrected chi connectivity index (χ2v) is 12.1. The van der Waals surface area contributed by atoms with Crippen LogP contribution in [0.25, 0.3) is 0 Å². The zero-order valence-corrected chi connectivity index (χ0v) is 24.2. The van der Waals surface area contributed by atoms with Crippen molar-refractivity contribution in [2.45, 2.75) is 96.3 Å². The van der Waals surface area contributed by atoms with Gasteiger partial charge < -0.3 is 9.88 Å². The molecule has 2 aromatic heterocycles. The fourth-order valence-electron chi connectivity index (χ4n) is 7.03. The molecule has 1 saturated heterocycles. The Labute approximate surface area is 242 Å². The lowest BCUT2D eigenvalue weighted by molar-refractivity contribution is -0.127. The van der Waals surface area contributed by atoms with Gasteiger partial charge in [0, 0.05) is 35.7 Å². The summed E-state index contributed by atoms with van der Waals surface area (Å²) in [6, 6.07) is 9.98. The van der Waals surface area contributed by atoms with E-state index < -0.39 is 6.04 Å². The van der Waals surface area contributed by atoms with E-state index >= 15 is 0 Å². The zero-order valence-electron chi connectivity index (χ0n) is 23.4. The fourth-order valence-corrected chi connectivity index (χ4v) is 7.30. The lowest BCUT2D eigenvalue weighted by Gasteiger charge is -2.53. The molecule has 6 nitrogen and oxygen atoms in total. The van der Waals surface area contributed by atoms with Crippen LogP contribution in [0.1, 0.15) is 87.2 Å². The lowest BCUT2D eigenvalue weighted by Crippen LogP contribution is -2.58. The number of carbonyl (C=O) groups excluding carboxylic acids is 1. The summed E-state index contributed by atoms with van der Waals surface area (Å²) in [6.07, 6.45) is 17.0. The van der Waals surface area contributed by atoms with Crippen LogP contribution in [0.4, 0.5) is 4.39 Å². The number of halogens is 2. The number of piperidine rings is 1. The minimum atomic E-state index is -0.412. The van der Waals surface area contributed by atoms with Crippen LogP contribution in [0, 0.1) is 24.1 Å². The number of hydrogen-bond acceptors (Lipinski definition) is 4. The van der Waals surface area contributed by atoms with Gasteiger partial charge in [-0.1, -0.05) is 68.7 Å². The third-order valence-electron chi connectivity index (χ3n) is 9.03. The number of aromatic nitrogens is 3. The summed E-state index contributed by atoms with van der Waals surface area (Å²) in [7, 11) is 0. The standard InChI is InChI=1S/C32H41ClFN5O/c1-23-10-9-11-26(37-23)20-36-31(40)29-18-24(21-39-17-16-35-22-39)32(14-7-5-3-2-4-6-8-15-32)30(38-29)27-13-12-25(34)19-28(27)33/h9-13,16-17,19,22,24,29-30,38H,2-8,14-15,18,20-21H2,1H3,(H,36,40). The number of benzene rings is 1. The molecule has 40 heavy (non-hydrogen) atoms. The maximum Gasteiger partial charge on any atom is 0.237 e. The van der Waals surface area contributed by atoms with Gasteiger partial charge >= 0.3 is 0 Å². The Morgan fingerprint density at radius 2 is 1.88 bits per heavy atom. The van der Waals surface area contributed by atoms with Crippen LogP contribution in [0.2, 0.25) is 5.02 Å². The van der Waals surface area contributed by atoms with E-state index in [1.807, 2.05) is 49.9 Å². The number of carbonyl (C=O) groups is 1. The summed E-state index contributed by atoms with van der Waals surface area (Å²) in [4.78, 5) is 22.6. The van der Waals surface area contributed by atoms with Gasteiger partial charge in [-0.25, -0.2) is 9.37 Å². The molecule has 1 amide bonds. The molecular weight excluding hydrogens is 525 g/mol. The molecule has 214 valence electrons. The Morgan fingerprint density at radius 1 is 1.12 bits per heavy atom. The van der Waals surface area contributed by atoms with Crippen LogP contribution in [-0.2, 0) is 17.9 Å². The Bertz CT molecular complexity index is 1260. The van der Waals surface area contributed by atoms with Crippen molar-refractivity contribution in [3.63, 3.8) is 0 Å². The van der Waals surface area contributed by atoms with Crippen molar-refractivity contribution in [2.24, 2.45) is 11.3 Å². The molecule has 0 radical (unpaired) electrons. The van der Waals surface area contributed by atoms with Gasteiger partial charge in [0.15, 0.2) is 0 Å². The molecule has 3 aromatic rings. The fraction of sp³-hybridized carbons (Fsp3) is 0.531. The van der Waals surface area contributed by atoms with Crippen LogP contribution in [0.3, 0.4) is 0 Å². The van der Waals surface area contributed by atoms with Crippen molar-refractivity contribution in [3.05, 3.63) is 82.9 Å². The number of nitrogens with one attached hydrogen (secondary N) is 2. The molecule has 8 heteroatoms. The van der Waals surface area contributed by atoms with E-state index in [-0.39, 0.29) is 29.1 Å². The van der Waals surface area contributed by atoms with Gasteiger partial charge in [-0.05, 0) is 67.3 Å². The first kappa shape index (κ1) is 28.7. The average molecular weight is 566 g/mol. The third-order valence-corrected chi connectivity index (χ3v) is 9.36. The predicted octanol–water partition coefficient (Wildman–Crippen LogP) is 6.93. The number of imidazole rings is 1. The molecule has 2 fully saturated rings. The largest absolute Gasteiger partial charge is 0.349 e. The molecular formula is C32H41ClFN5O. The van der Waals surface area contributed by atoms with E-state index in [4.69, 9.17) is 11.6 Å². The lowest BCUT2D eigenvalue weighted by atomic mass is 9.58. The normalized spacial score (nSPS) is 23.5. The Kier molecular flexibility index (Phi) is 9.53. The number of nitrogens with zero attached hydrogens (tertiary/aromatic N) is 3. The van der Waals surface area contributed by atoms with E-state index in [1.54, 1.807) is 0 Å². The molecule has 1 aliphatic heterocycles. The van der Waals surface area contributed by atoms with Crippen LogP contribution in [0.15, 0.2) is 55.1 Å². The second-order valence-electron chi connectivity index (χ2n) is 11.7. The second kappa shape index (κ2) is 13.3. The predicted molar refractivity (Wildman–Crippen MR) is 156 cm³/mol. The minimum absolute atomic E-state index is 0.0445. The van der Waals surface area contributed by atoms with Crippen molar-refractivity contribution < 1.29 is 9.18 Å². The molecule has 0 bridgehead atoms. The van der Waals surface area contributed by atoms with E-state index in [1.165, 1.54) is 44.2 Å². The summed E-state index contributed by atoms with van der Waals surface area (Å²) in [5, 5.41) is 7.31. The summed E-state index contributed by atoms with van der Waals surface area (Å²) in [5.41, 5.74) is 2.51. The van der Waals surface area contributed by atoms with Crippen molar-refractivity contribution in [1.82, 2.24) is 25.2 Å². The Morgan fingerprint density at radius 3 is 2.55 bits per heavy atom. The molecule has 2 aliphatic rings. The van der Waals surface area contributed by atoms with Gasteiger partial charge in [0.2, 0.25) is 5.91 Å². The Balaban J connectivity index is 1.50. The first-order valence-corrected chi connectivity index (χ1v) is 15.2. The maximum absolute atomic E-state index is 14.2. The van der Waals surface area contributed by atoms with Gasteiger partial charge in [-0.15, -0.1) is 0 Å². The molecule has 1 aromatic carbocycles. The maximum atomic E-state index is 14.2. The number of rotatable bonds is 6. The van der Waals surface area contributed by atoms with Crippen molar-refractivity contribution in [1.29, 1.82) is 0 Å². The van der Waals surface area contributed by atoms with Gasteiger partial charge in [-0.3, -0.25) is 15.1 Å². The molecule has 1 aliphatic carbocycles. The summed E-state index contributed by atoms with van der Waals surface area (Å²) in [5.74, 6) is -0.183. The molecule has 5 rings (SSSR count). The van der Waals surface area contributed by atoms with Gasteiger partial charge in [0.05, 0.1) is 24.6 Å². The first-order valence-electron chi connectivity index (χ1n) is 14.8. The average Bonchev–Trinajstić information content (AvgIpc) is 3.46. The van der Waals surface area contributed by atoms with Crippen molar-refractivity contribution in [3.8, 4) is 0 Å². The summed E-state index contributed by atoms with van der Waals surface area (Å²) < 4.78 is 16.3. The van der Waals surface area contributed by atoms with Gasteiger partial charge in [0.1, 0.15) is 5.82 Å². The molecule has 3 unspecified atom stereocenters. The number of hydrogen-bond donors (Lipinski definition) is 2. The van der Waals surface area contributed by atoms with Crippen LogP contribution >= 0.6 is 11.6 Å². The highest BCUT2D eigenvalue weighted by Gasteiger charge is 2.51. The quantitative estimate of drug-likeness (QED) is 0.340. The SMILES string of the molecule is Cc1cccc(CNC(=O)C2CC(Cn3ccnc3)C3(CCCCCCCCC3)C(c3ccc(F)cc3Cl)N2)n1. The zero-order chi connectivity index (χ0) is 28.0. The van der Waals surface area contributed by atoms with E-state index in [2.05, 4.69) is 25.2 Å². The van der Waals surface area contributed by atoms with Crippen LogP contribution in [0.5, 0.6) is 0 Å². The number of aryl methyl sites for hydroxylation is 1. The van der Waals surface area contributed by atoms with Crippen LogP contribution in [-0.4, -0.2) is 26.5 Å².